The van der Waals surface area contributed by atoms with E-state index in [4.69, 9.17) is 23.8 Å². The van der Waals surface area contributed by atoms with E-state index in [2.05, 4.69) is 174 Å². The molecule has 322 valence electrons. The molecule has 10 aromatic carbocycles. The van der Waals surface area contributed by atoms with Crippen molar-refractivity contribution in [2.24, 2.45) is 0 Å². The fourth-order valence-electron chi connectivity index (χ4n) is 10.3. The van der Waals surface area contributed by atoms with Gasteiger partial charge in [0.05, 0.1) is 16.7 Å². The Morgan fingerprint density at radius 1 is 0.290 bits per heavy atom. The average Bonchev–Trinajstić information content (AvgIpc) is 4.10. The number of benzene rings is 10. The Labute approximate surface area is 396 Å². The molecule has 0 radical (unpaired) electrons. The summed E-state index contributed by atoms with van der Waals surface area (Å²) in [5.74, 6) is 1.69. The van der Waals surface area contributed by atoms with Crippen molar-refractivity contribution in [2.45, 2.75) is 0 Å². The Balaban J connectivity index is 1.07. The lowest BCUT2D eigenvalue weighted by Gasteiger charge is -2.17. The fourth-order valence-corrected chi connectivity index (χ4v) is 10.3. The van der Waals surface area contributed by atoms with Gasteiger partial charge in [0.15, 0.2) is 17.5 Å². The number of aromatic nitrogens is 4. The molecule has 6 nitrogen and oxygen atoms in total. The van der Waals surface area contributed by atoms with Crippen molar-refractivity contribution >= 4 is 65.7 Å². The lowest BCUT2D eigenvalue weighted by atomic mass is 9.92. The highest BCUT2D eigenvalue weighted by Crippen LogP contribution is 2.48. The van der Waals surface area contributed by atoms with Crippen LogP contribution in [0.5, 0.6) is 0 Å². The van der Waals surface area contributed by atoms with Gasteiger partial charge in [-0.15, -0.1) is 0 Å². The minimum atomic E-state index is 0.533. The first-order valence-corrected chi connectivity index (χ1v) is 23.2. The van der Waals surface area contributed by atoms with E-state index in [0.29, 0.717) is 17.5 Å². The fraction of sp³-hybridized carbons (Fsp3) is 0. The molecule has 0 unspecified atom stereocenters. The topological polar surface area (TPSA) is 69.9 Å². The number of para-hydroxylation sites is 3. The molecule has 0 saturated carbocycles. The molecular weight excluding hydrogens is 845 g/mol. The summed E-state index contributed by atoms with van der Waals surface area (Å²) in [5.41, 5.74) is 15.5. The highest BCUT2D eigenvalue weighted by Gasteiger charge is 2.26. The normalized spacial score (nSPS) is 11.8. The van der Waals surface area contributed by atoms with Gasteiger partial charge >= 0.3 is 0 Å². The van der Waals surface area contributed by atoms with Crippen LogP contribution in [0.3, 0.4) is 0 Å². The van der Waals surface area contributed by atoms with Crippen LogP contribution in [0.4, 0.5) is 0 Å². The van der Waals surface area contributed by atoms with Gasteiger partial charge in [-0.3, -0.25) is 0 Å². The highest BCUT2D eigenvalue weighted by atomic mass is 16.3. The predicted molar refractivity (Wildman–Crippen MR) is 281 cm³/mol. The van der Waals surface area contributed by atoms with Gasteiger partial charge in [0, 0.05) is 54.6 Å². The molecule has 0 atom stereocenters. The Morgan fingerprint density at radius 3 is 1.45 bits per heavy atom. The minimum Gasteiger partial charge on any atom is -0.456 e. The predicted octanol–water partition coefficient (Wildman–Crippen LogP) is 16.8. The number of hydrogen-bond donors (Lipinski definition) is 0. The van der Waals surface area contributed by atoms with Crippen LogP contribution in [0.15, 0.2) is 239 Å². The van der Waals surface area contributed by atoms with Gasteiger partial charge in [0.2, 0.25) is 0 Å². The van der Waals surface area contributed by atoms with E-state index in [-0.39, 0.29) is 0 Å². The molecule has 14 rings (SSSR count). The van der Waals surface area contributed by atoms with Crippen LogP contribution in [0.25, 0.3) is 139 Å². The molecule has 6 heteroatoms. The van der Waals surface area contributed by atoms with Crippen molar-refractivity contribution in [1.29, 1.82) is 0 Å². The maximum absolute atomic E-state index is 6.87. The summed E-state index contributed by atoms with van der Waals surface area (Å²) in [4.78, 5) is 15.7. The molecular formula is C63H38N4O2. The molecule has 0 aliphatic heterocycles. The summed E-state index contributed by atoms with van der Waals surface area (Å²) < 4.78 is 16.0. The van der Waals surface area contributed by atoms with Crippen LogP contribution in [-0.2, 0) is 0 Å². The second kappa shape index (κ2) is 15.6. The van der Waals surface area contributed by atoms with Gasteiger partial charge in [0.25, 0.3) is 0 Å². The lowest BCUT2D eigenvalue weighted by molar-refractivity contribution is 0.668. The van der Waals surface area contributed by atoms with Crippen molar-refractivity contribution in [3.05, 3.63) is 231 Å². The van der Waals surface area contributed by atoms with E-state index in [1.54, 1.807) is 0 Å². The zero-order chi connectivity index (χ0) is 45.4. The first kappa shape index (κ1) is 38.8. The van der Waals surface area contributed by atoms with Gasteiger partial charge in [0.1, 0.15) is 22.3 Å². The second-order valence-electron chi connectivity index (χ2n) is 17.5. The number of fused-ring (bicyclic) bond motifs is 9. The van der Waals surface area contributed by atoms with Crippen molar-refractivity contribution in [3.8, 4) is 73.2 Å². The van der Waals surface area contributed by atoms with E-state index in [1.165, 1.54) is 21.9 Å². The molecule has 0 amide bonds. The molecule has 14 aromatic rings. The van der Waals surface area contributed by atoms with Gasteiger partial charge in [-0.2, -0.15) is 0 Å². The van der Waals surface area contributed by atoms with Gasteiger partial charge in [-0.1, -0.05) is 176 Å². The minimum absolute atomic E-state index is 0.533. The van der Waals surface area contributed by atoms with Crippen LogP contribution in [-0.4, -0.2) is 19.5 Å². The molecule has 0 fully saturated rings. The summed E-state index contributed by atoms with van der Waals surface area (Å²) in [7, 11) is 0. The Bertz CT molecular complexity index is 4290. The summed E-state index contributed by atoms with van der Waals surface area (Å²) in [6.07, 6.45) is 0. The Morgan fingerprint density at radius 2 is 0.768 bits per heavy atom. The quantitative estimate of drug-likeness (QED) is 0.159. The van der Waals surface area contributed by atoms with E-state index in [9.17, 15) is 0 Å². The highest BCUT2D eigenvalue weighted by molar-refractivity contribution is 6.22. The first-order chi connectivity index (χ1) is 34.2. The van der Waals surface area contributed by atoms with Crippen LogP contribution < -0.4 is 0 Å². The van der Waals surface area contributed by atoms with E-state index < -0.39 is 0 Å². The molecule has 69 heavy (non-hydrogen) atoms. The third-order valence-corrected chi connectivity index (χ3v) is 13.5. The third kappa shape index (κ3) is 6.38. The molecule has 0 aliphatic carbocycles. The SMILES string of the molecule is c1ccc(-c2ccc(-c3nc(-c4ccccc4)nc(-c4cc(-c5c(-n6c7ccccc7c7cc(-c8ccccc8)ccc76)ccc6oc7ccccc7c56)c5c(c4)oc4ccccc45)n3)cc2)cc1. The number of furan rings is 2. The van der Waals surface area contributed by atoms with Crippen LogP contribution in [0.1, 0.15) is 0 Å². The monoisotopic (exact) mass is 882 g/mol. The molecule has 0 spiro atoms. The van der Waals surface area contributed by atoms with Crippen molar-refractivity contribution in [2.75, 3.05) is 0 Å². The largest absolute Gasteiger partial charge is 0.456 e. The smallest absolute Gasteiger partial charge is 0.164 e. The van der Waals surface area contributed by atoms with Crippen molar-refractivity contribution in [1.82, 2.24) is 19.5 Å². The second-order valence-corrected chi connectivity index (χ2v) is 17.5. The van der Waals surface area contributed by atoms with Gasteiger partial charge in [-0.05, 0) is 82.4 Å². The molecule has 0 saturated heterocycles. The molecule has 0 aliphatic rings. The summed E-state index contributed by atoms with van der Waals surface area (Å²) >= 11 is 0. The number of rotatable bonds is 7. The average molecular weight is 883 g/mol. The van der Waals surface area contributed by atoms with E-state index in [1.807, 2.05) is 60.7 Å². The summed E-state index contributed by atoms with van der Waals surface area (Å²) in [6, 6.07) is 80.4. The molecule has 4 aromatic heterocycles. The summed E-state index contributed by atoms with van der Waals surface area (Å²) in [5, 5.41) is 6.39. The number of hydrogen-bond acceptors (Lipinski definition) is 5. The molecule has 4 heterocycles. The maximum atomic E-state index is 6.87. The molecule has 0 N–H and O–H groups in total. The van der Waals surface area contributed by atoms with E-state index in [0.717, 1.165) is 99.5 Å². The van der Waals surface area contributed by atoms with Crippen molar-refractivity contribution in [3.63, 3.8) is 0 Å². The zero-order valence-electron chi connectivity index (χ0n) is 37.0. The van der Waals surface area contributed by atoms with E-state index >= 15 is 0 Å². The Hall–Kier alpha value is -9.39. The van der Waals surface area contributed by atoms with Crippen LogP contribution >= 0.6 is 0 Å². The first-order valence-electron chi connectivity index (χ1n) is 23.2. The summed E-state index contributed by atoms with van der Waals surface area (Å²) in [6.45, 7) is 0. The van der Waals surface area contributed by atoms with Crippen molar-refractivity contribution < 1.29 is 8.83 Å². The van der Waals surface area contributed by atoms with Crippen LogP contribution in [0, 0.1) is 0 Å². The van der Waals surface area contributed by atoms with Gasteiger partial charge in [-0.25, -0.2) is 15.0 Å². The Kier molecular flexibility index (Phi) is 8.79. The lowest BCUT2D eigenvalue weighted by Crippen LogP contribution is -2.01. The maximum Gasteiger partial charge on any atom is 0.164 e. The molecule has 0 bridgehead atoms. The number of nitrogens with zero attached hydrogens (tertiary/aromatic N) is 4. The standard InChI is InChI=1S/C63H38N4O2/c1-4-16-39(17-5-1)41-28-30-43(31-29-41)62-64-61(42-20-8-3-9-21-42)65-63(66-62)45-37-50(58-47-23-11-14-26-54(47)69-57(58)38-45)59-53(34-35-56-60(59)48-24-12-15-27-55(48)68-56)67-51-25-13-10-22-46(51)49-36-44(32-33-52(49)67)40-18-6-2-7-19-40/h1-38H. The zero-order valence-corrected chi connectivity index (χ0v) is 37.0. The van der Waals surface area contributed by atoms with Crippen LogP contribution in [0.2, 0.25) is 0 Å². The van der Waals surface area contributed by atoms with Gasteiger partial charge < -0.3 is 13.4 Å². The third-order valence-electron chi connectivity index (χ3n) is 13.5.